The second-order valence-electron chi connectivity index (χ2n) is 3.71. The van der Waals surface area contributed by atoms with Crippen LogP contribution >= 0.6 is 0 Å². The summed E-state index contributed by atoms with van der Waals surface area (Å²) < 4.78 is 0. The molecule has 0 bridgehead atoms. The zero-order valence-corrected chi connectivity index (χ0v) is 9.33. The van der Waals surface area contributed by atoms with Crippen LogP contribution in [0.4, 0.5) is 11.5 Å². The molecule has 15 heavy (non-hydrogen) atoms. The highest BCUT2D eigenvalue weighted by atomic mass is 16.3. The van der Waals surface area contributed by atoms with Gasteiger partial charge in [-0.15, -0.1) is 0 Å². The standard InChI is InChI=1S/C11H19N3O/c1-3-4-9(15)7-13-11-10(12)6-5-8(2)14-11/h5-6,9,15H,3-4,7,12H2,1-2H3,(H,13,14). The smallest absolute Gasteiger partial charge is 0.149 e. The van der Waals surface area contributed by atoms with Gasteiger partial charge in [0.05, 0.1) is 11.8 Å². The Kier molecular flexibility index (Phi) is 4.37. The molecule has 4 nitrogen and oxygen atoms in total. The Hall–Kier alpha value is -1.29. The minimum absolute atomic E-state index is 0.336. The van der Waals surface area contributed by atoms with Crippen LogP contribution in [0.15, 0.2) is 12.1 Å². The van der Waals surface area contributed by atoms with Crippen LogP contribution in [0.1, 0.15) is 25.5 Å². The Balaban J connectivity index is 2.53. The Morgan fingerprint density at radius 2 is 2.27 bits per heavy atom. The Morgan fingerprint density at radius 3 is 2.93 bits per heavy atom. The number of nitrogens with one attached hydrogen (secondary N) is 1. The minimum atomic E-state index is -0.336. The lowest BCUT2D eigenvalue weighted by molar-refractivity contribution is 0.176. The number of nitrogens with zero attached hydrogens (tertiary/aromatic N) is 1. The van der Waals surface area contributed by atoms with Crippen LogP contribution in [0.2, 0.25) is 0 Å². The number of hydrogen-bond acceptors (Lipinski definition) is 4. The number of pyridine rings is 1. The number of aryl methyl sites for hydroxylation is 1. The molecule has 0 saturated carbocycles. The molecule has 4 heteroatoms. The van der Waals surface area contributed by atoms with Gasteiger partial charge in [0.15, 0.2) is 0 Å². The fourth-order valence-corrected chi connectivity index (χ4v) is 1.36. The van der Waals surface area contributed by atoms with Crippen molar-refractivity contribution < 1.29 is 5.11 Å². The van der Waals surface area contributed by atoms with Gasteiger partial charge in [0.2, 0.25) is 0 Å². The molecule has 0 saturated heterocycles. The third-order valence-electron chi connectivity index (χ3n) is 2.19. The van der Waals surface area contributed by atoms with Crippen LogP contribution in [0.25, 0.3) is 0 Å². The van der Waals surface area contributed by atoms with E-state index in [1.54, 1.807) is 0 Å². The Labute approximate surface area is 90.5 Å². The molecule has 1 atom stereocenters. The normalized spacial score (nSPS) is 12.5. The number of hydrogen-bond donors (Lipinski definition) is 3. The lowest BCUT2D eigenvalue weighted by Gasteiger charge is -2.12. The fraction of sp³-hybridized carbons (Fsp3) is 0.545. The molecule has 0 fully saturated rings. The van der Waals surface area contributed by atoms with Gasteiger partial charge in [-0.3, -0.25) is 0 Å². The molecule has 0 spiro atoms. The van der Waals surface area contributed by atoms with Gasteiger partial charge in [-0.25, -0.2) is 4.98 Å². The lowest BCUT2D eigenvalue weighted by atomic mass is 10.2. The predicted octanol–water partition coefficient (Wildman–Crippen LogP) is 1.55. The number of nitrogens with two attached hydrogens (primary N) is 1. The Morgan fingerprint density at radius 1 is 1.53 bits per heavy atom. The molecular weight excluding hydrogens is 190 g/mol. The zero-order valence-electron chi connectivity index (χ0n) is 9.33. The summed E-state index contributed by atoms with van der Waals surface area (Å²) in [5.74, 6) is 0.658. The Bertz CT molecular complexity index is 315. The maximum Gasteiger partial charge on any atom is 0.149 e. The molecule has 0 aliphatic rings. The van der Waals surface area contributed by atoms with Crippen LogP contribution in [0, 0.1) is 6.92 Å². The first-order valence-corrected chi connectivity index (χ1v) is 5.28. The highest BCUT2D eigenvalue weighted by Gasteiger charge is 2.05. The SMILES string of the molecule is CCCC(O)CNc1nc(C)ccc1N. The first-order valence-electron chi connectivity index (χ1n) is 5.28. The monoisotopic (exact) mass is 209 g/mol. The van der Waals surface area contributed by atoms with Gasteiger partial charge < -0.3 is 16.2 Å². The van der Waals surface area contributed by atoms with Crippen LogP contribution in [-0.2, 0) is 0 Å². The van der Waals surface area contributed by atoms with E-state index in [1.807, 2.05) is 26.0 Å². The highest BCUT2D eigenvalue weighted by molar-refractivity contribution is 5.61. The van der Waals surface area contributed by atoms with Crippen molar-refractivity contribution in [2.75, 3.05) is 17.6 Å². The van der Waals surface area contributed by atoms with E-state index in [2.05, 4.69) is 10.3 Å². The molecule has 0 aromatic carbocycles. The molecule has 0 radical (unpaired) electrons. The topological polar surface area (TPSA) is 71.2 Å². The van der Waals surface area contributed by atoms with E-state index >= 15 is 0 Å². The number of aliphatic hydroxyl groups is 1. The number of anilines is 2. The summed E-state index contributed by atoms with van der Waals surface area (Å²) in [6.07, 6.45) is 1.43. The van der Waals surface area contributed by atoms with Crippen molar-refractivity contribution in [3.05, 3.63) is 17.8 Å². The molecular formula is C11H19N3O. The van der Waals surface area contributed by atoms with E-state index in [0.717, 1.165) is 18.5 Å². The fourth-order valence-electron chi connectivity index (χ4n) is 1.36. The molecule has 0 aliphatic carbocycles. The summed E-state index contributed by atoms with van der Waals surface area (Å²) in [5.41, 5.74) is 7.27. The van der Waals surface area contributed by atoms with Gasteiger partial charge in [0.1, 0.15) is 5.82 Å². The maximum atomic E-state index is 9.54. The summed E-state index contributed by atoms with van der Waals surface area (Å²) in [5, 5.41) is 12.6. The van der Waals surface area contributed by atoms with Crippen molar-refractivity contribution in [3.8, 4) is 0 Å². The van der Waals surface area contributed by atoms with E-state index in [9.17, 15) is 5.11 Å². The van der Waals surface area contributed by atoms with E-state index in [-0.39, 0.29) is 6.10 Å². The third-order valence-corrected chi connectivity index (χ3v) is 2.19. The van der Waals surface area contributed by atoms with Crippen LogP contribution in [0.5, 0.6) is 0 Å². The second-order valence-corrected chi connectivity index (χ2v) is 3.71. The van der Waals surface area contributed by atoms with Crippen molar-refractivity contribution in [1.29, 1.82) is 0 Å². The number of nitrogen functional groups attached to an aromatic ring is 1. The number of aliphatic hydroxyl groups excluding tert-OH is 1. The summed E-state index contributed by atoms with van der Waals surface area (Å²) in [7, 11) is 0. The quantitative estimate of drug-likeness (QED) is 0.688. The van der Waals surface area contributed by atoms with E-state index in [1.165, 1.54) is 0 Å². The highest BCUT2D eigenvalue weighted by Crippen LogP contribution is 2.15. The van der Waals surface area contributed by atoms with Crippen LogP contribution in [0.3, 0.4) is 0 Å². The third kappa shape index (κ3) is 3.75. The van der Waals surface area contributed by atoms with Gasteiger partial charge in [-0.05, 0) is 25.5 Å². The molecule has 4 N–H and O–H groups in total. The molecule has 0 amide bonds. The van der Waals surface area contributed by atoms with Crippen molar-refractivity contribution >= 4 is 11.5 Å². The van der Waals surface area contributed by atoms with Gasteiger partial charge in [-0.2, -0.15) is 0 Å². The van der Waals surface area contributed by atoms with Crippen LogP contribution in [-0.4, -0.2) is 22.7 Å². The minimum Gasteiger partial charge on any atom is -0.396 e. The van der Waals surface area contributed by atoms with Crippen molar-refractivity contribution in [3.63, 3.8) is 0 Å². The molecule has 1 aromatic heterocycles. The van der Waals surface area contributed by atoms with E-state index < -0.39 is 0 Å². The maximum absolute atomic E-state index is 9.54. The summed E-state index contributed by atoms with van der Waals surface area (Å²) in [6.45, 7) is 4.45. The molecule has 0 aliphatic heterocycles. The van der Waals surface area contributed by atoms with E-state index in [0.29, 0.717) is 18.1 Å². The largest absolute Gasteiger partial charge is 0.396 e. The first kappa shape index (κ1) is 11.8. The number of rotatable bonds is 5. The van der Waals surface area contributed by atoms with Crippen molar-refractivity contribution in [2.45, 2.75) is 32.8 Å². The second kappa shape index (κ2) is 5.56. The van der Waals surface area contributed by atoms with E-state index in [4.69, 9.17) is 5.73 Å². The van der Waals surface area contributed by atoms with Crippen LogP contribution < -0.4 is 11.1 Å². The summed E-state index contributed by atoms with van der Waals surface area (Å²) in [6, 6.07) is 3.68. The first-order chi connectivity index (χ1) is 7.13. The van der Waals surface area contributed by atoms with Crippen molar-refractivity contribution in [1.82, 2.24) is 4.98 Å². The predicted molar refractivity (Wildman–Crippen MR) is 62.8 cm³/mol. The average molecular weight is 209 g/mol. The van der Waals surface area contributed by atoms with Gasteiger partial charge in [0.25, 0.3) is 0 Å². The summed E-state index contributed by atoms with van der Waals surface area (Å²) in [4.78, 5) is 4.26. The van der Waals surface area contributed by atoms with Crippen molar-refractivity contribution in [2.24, 2.45) is 0 Å². The number of aromatic nitrogens is 1. The molecule has 1 rings (SSSR count). The molecule has 84 valence electrons. The average Bonchev–Trinajstić information content (AvgIpc) is 2.20. The summed E-state index contributed by atoms with van der Waals surface area (Å²) >= 11 is 0. The van der Waals surface area contributed by atoms with Gasteiger partial charge >= 0.3 is 0 Å². The molecule has 1 unspecified atom stereocenters. The van der Waals surface area contributed by atoms with Gasteiger partial charge in [0, 0.05) is 12.2 Å². The molecule has 1 heterocycles. The molecule has 1 aromatic rings. The lowest BCUT2D eigenvalue weighted by Crippen LogP contribution is -2.20. The zero-order chi connectivity index (χ0) is 11.3. The van der Waals surface area contributed by atoms with Gasteiger partial charge in [-0.1, -0.05) is 13.3 Å².